The summed E-state index contributed by atoms with van der Waals surface area (Å²) in [4.78, 5) is 27.0. The molecule has 0 saturated carbocycles. The third-order valence-electron chi connectivity index (χ3n) is 2.79. The van der Waals surface area contributed by atoms with Gasteiger partial charge in [-0.15, -0.1) is 0 Å². The van der Waals surface area contributed by atoms with Crippen molar-refractivity contribution in [1.29, 1.82) is 0 Å². The van der Waals surface area contributed by atoms with Gasteiger partial charge >= 0.3 is 18.1 Å². The van der Waals surface area contributed by atoms with E-state index in [0.29, 0.717) is 0 Å². The molecule has 11 heteroatoms. The van der Waals surface area contributed by atoms with E-state index in [4.69, 9.17) is 14.4 Å². The van der Waals surface area contributed by atoms with Crippen molar-refractivity contribution in [2.24, 2.45) is 34.4 Å². The Kier molecular flexibility index (Phi) is 34.3. The highest BCUT2D eigenvalue weighted by Crippen LogP contribution is 2.12. The molecule has 0 rings (SSSR count). The molecule has 0 aromatic rings. The first-order chi connectivity index (χ1) is 11.4. The van der Waals surface area contributed by atoms with Crippen LogP contribution in [0.4, 0.5) is 14.4 Å². The van der Waals surface area contributed by atoms with Crippen LogP contribution in [0.2, 0.25) is 0 Å². The van der Waals surface area contributed by atoms with Gasteiger partial charge in [-0.25, -0.2) is 14.4 Å². The molecule has 160 valence electrons. The monoisotopic (exact) mass is 401 g/mol. The number of hydrogen-bond donors (Lipinski definition) is 6. The van der Waals surface area contributed by atoms with Crippen LogP contribution in [-0.2, 0) is 0 Å². The van der Waals surface area contributed by atoms with Crippen molar-refractivity contribution in [2.75, 3.05) is 26.2 Å². The SMILES string of the molecule is CCC[N+](CCC)(CCC)CCC.NC(N)=O.NC(N)=O.NC(N)=O.[Cl-]. The quantitative estimate of drug-likeness (QED) is 0.244. The molecule has 0 bridgehead atoms. The second-order valence-corrected chi connectivity index (χ2v) is 5.44. The van der Waals surface area contributed by atoms with E-state index >= 15 is 0 Å². The van der Waals surface area contributed by atoms with E-state index in [0.717, 1.165) is 0 Å². The fourth-order valence-corrected chi connectivity index (χ4v) is 2.57. The van der Waals surface area contributed by atoms with Gasteiger partial charge in [-0.3, -0.25) is 0 Å². The van der Waals surface area contributed by atoms with Gasteiger partial charge in [-0.05, 0) is 25.7 Å². The van der Waals surface area contributed by atoms with Crippen LogP contribution in [-0.4, -0.2) is 48.8 Å². The zero-order valence-corrected chi connectivity index (χ0v) is 17.4. The number of hydrogen-bond acceptors (Lipinski definition) is 3. The Morgan fingerprint density at radius 3 is 0.731 bits per heavy atom. The van der Waals surface area contributed by atoms with Crippen molar-refractivity contribution in [3.8, 4) is 0 Å². The maximum absolute atomic E-state index is 9.00. The van der Waals surface area contributed by atoms with E-state index in [-0.39, 0.29) is 12.4 Å². The number of nitrogens with zero attached hydrogens (tertiary/aromatic N) is 1. The number of quaternary nitrogens is 1. The average Bonchev–Trinajstić information content (AvgIpc) is 2.37. The Hall–Kier alpha value is -1.94. The summed E-state index contributed by atoms with van der Waals surface area (Å²) in [5, 5.41) is 0. The van der Waals surface area contributed by atoms with Gasteiger partial charge in [0.2, 0.25) is 0 Å². The van der Waals surface area contributed by atoms with Gasteiger partial charge in [0.15, 0.2) is 0 Å². The predicted octanol–water partition coefficient (Wildman–Crippen LogP) is -2.48. The molecule has 12 N–H and O–H groups in total. The molecule has 0 aliphatic carbocycles. The van der Waals surface area contributed by atoms with Crippen LogP contribution in [0.1, 0.15) is 53.4 Å². The summed E-state index contributed by atoms with van der Waals surface area (Å²) >= 11 is 0. The van der Waals surface area contributed by atoms with Crippen molar-refractivity contribution in [3.63, 3.8) is 0 Å². The van der Waals surface area contributed by atoms with Gasteiger partial charge in [-0.1, -0.05) is 27.7 Å². The lowest BCUT2D eigenvalue weighted by Crippen LogP contribution is -3.00. The molecule has 0 radical (unpaired) electrons. The van der Waals surface area contributed by atoms with Gasteiger partial charge in [0.1, 0.15) is 0 Å². The minimum absolute atomic E-state index is 0. The topological polar surface area (TPSA) is 207 Å². The van der Waals surface area contributed by atoms with Gasteiger partial charge < -0.3 is 51.3 Å². The molecule has 0 atom stereocenters. The number of carbonyl (C=O) groups is 3. The Labute approximate surface area is 164 Å². The van der Waals surface area contributed by atoms with Gasteiger partial charge in [0.25, 0.3) is 0 Å². The van der Waals surface area contributed by atoms with E-state index in [9.17, 15) is 0 Å². The zero-order valence-electron chi connectivity index (χ0n) is 16.7. The second kappa shape index (κ2) is 25.3. The van der Waals surface area contributed by atoms with Crippen molar-refractivity contribution in [1.82, 2.24) is 0 Å². The number of halogens is 1. The van der Waals surface area contributed by atoms with Crippen LogP contribution in [0.5, 0.6) is 0 Å². The molecule has 10 nitrogen and oxygen atoms in total. The molecule has 6 amide bonds. The minimum Gasteiger partial charge on any atom is -1.00 e. The Morgan fingerprint density at radius 1 is 0.538 bits per heavy atom. The van der Waals surface area contributed by atoms with E-state index in [1.807, 2.05) is 0 Å². The summed E-state index contributed by atoms with van der Waals surface area (Å²) in [6.45, 7) is 14.8. The summed E-state index contributed by atoms with van der Waals surface area (Å²) in [6, 6.07) is -2.50. The average molecular weight is 402 g/mol. The first kappa shape index (κ1) is 35.2. The van der Waals surface area contributed by atoms with Crippen molar-refractivity contribution >= 4 is 18.1 Å². The highest BCUT2D eigenvalue weighted by atomic mass is 35.5. The molecule has 0 fully saturated rings. The van der Waals surface area contributed by atoms with Crippen molar-refractivity contribution in [3.05, 3.63) is 0 Å². The molecule has 0 saturated heterocycles. The van der Waals surface area contributed by atoms with Crippen molar-refractivity contribution < 1.29 is 31.3 Å². The lowest BCUT2D eigenvalue weighted by atomic mass is 10.2. The molecular weight excluding hydrogens is 362 g/mol. The largest absolute Gasteiger partial charge is 1.00 e. The summed E-state index contributed by atoms with van der Waals surface area (Å²) in [7, 11) is 0. The lowest BCUT2D eigenvalue weighted by Gasteiger charge is -2.38. The summed E-state index contributed by atoms with van der Waals surface area (Å²) in [5.74, 6) is 0. The van der Waals surface area contributed by atoms with Gasteiger partial charge in [0.05, 0.1) is 26.2 Å². The molecule has 0 aliphatic rings. The Morgan fingerprint density at radius 2 is 0.654 bits per heavy atom. The molecule has 0 aliphatic heterocycles. The molecule has 0 unspecified atom stereocenters. The summed E-state index contributed by atoms with van der Waals surface area (Å²) in [5.41, 5.74) is 25.5. The minimum atomic E-state index is -0.833. The fraction of sp³-hybridized carbons (Fsp3) is 0.800. The van der Waals surface area contributed by atoms with E-state index in [2.05, 4.69) is 62.1 Å². The molecule has 0 aromatic heterocycles. The zero-order chi connectivity index (χ0) is 20.9. The second-order valence-electron chi connectivity index (χ2n) is 5.44. The van der Waals surface area contributed by atoms with E-state index in [1.165, 1.54) is 56.3 Å². The molecule has 0 heterocycles. The van der Waals surface area contributed by atoms with Gasteiger partial charge in [-0.2, -0.15) is 0 Å². The fourth-order valence-electron chi connectivity index (χ4n) is 2.57. The highest BCUT2D eigenvalue weighted by Gasteiger charge is 2.22. The number of urea groups is 3. The standard InChI is InChI=1S/C12H28N.3CH4N2O.ClH/c1-5-9-13(10-6-2,11-7-3)12-8-4;3*2-1(3)4;/h5-12H2,1-4H3;3*(H4,2,3,4);1H/q+1;;;;/p-1. The van der Waals surface area contributed by atoms with Crippen LogP contribution >= 0.6 is 0 Å². The Bertz CT molecular complexity index is 275. The normalized spacial score (nSPS) is 8.77. The van der Waals surface area contributed by atoms with Crippen LogP contribution in [0, 0.1) is 0 Å². The maximum Gasteiger partial charge on any atom is 0.309 e. The lowest BCUT2D eigenvalue weighted by molar-refractivity contribution is -0.928. The molecule has 0 spiro atoms. The maximum atomic E-state index is 9.00. The predicted molar refractivity (Wildman–Crippen MR) is 102 cm³/mol. The summed E-state index contributed by atoms with van der Waals surface area (Å²) in [6.07, 6.45) is 5.33. The number of amides is 6. The van der Waals surface area contributed by atoms with Crippen molar-refractivity contribution in [2.45, 2.75) is 53.4 Å². The molecular formula is C15H40ClN7O3. The third-order valence-corrected chi connectivity index (χ3v) is 2.79. The first-order valence-electron chi connectivity index (χ1n) is 8.44. The highest BCUT2D eigenvalue weighted by molar-refractivity contribution is 5.69. The number of carbonyl (C=O) groups excluding carboxylic acids is 3. The summed E-state index contributed by atoms with van der Waals surface area (Å²) < 4.78 is 1.38. The Balaban J connectivity index is -0.0000000933. The number of nitrogens with two attached hydrogens (primary N) is 6. The van der Waals surface area contributed by atoms with E-state index < -0.39 is 18.1 Å². The first-order valence-corrected chi connectivity index (χ1v) is 8.44. The number of primary amides is 6. The van der Waals surface area contributed by atoms with Crippen LogP contribution in [0.3, 0.4) is 0 Å². The van der Waals surface area contributed by atoms with E-state index in [1.54, 1.807) is 0 Å². The van der Waals surface area contributed by atoms with Crippen LogP contribution in [0.15, 0.2) is 0 Å². The molecule has 0 aromatic carbocycles. The number of rotatable bonds is 8. The smallest absolute Gasteiger partial charge is 0.309 e. The van der Waals surface area contributed by atoms with Crippen LogP contribution < -0.4 is 46.8 Å². The van der Waals surface area contributed by atoms with Gasteiger partial charge in [0, 0.05) is 0 Å². The third kappa shape index (κ3) is 49.5. The van der Waals surface area contributed by atoms with Crippen LogP contribution in [0.25, 0.3) is 0 Å². The molecule has 26 heavy (non-hydrogen) atoms.